The summed E-state index contributed by atoms with van der Waals surface area (Å²) in [6.45, 7) is 0. The number of carbonyl (C=O) groups is 2. The fraction of sp³-hybridized carbons (Fsp3) is 0.0526. The molecule has 0 saturated carbocycles. The summed E-state index contributed by atoms with van der Waals surface area (Å²) >= 11 is 12.3. The fourth-order valence-corrected chi connectivity index (χ4v) is 3.79. The van der Waals surface area contributed by atoms with Gasteiger partial charge in [-0.2, -0.15) is 13.2 Å². The SMILES string of the molecule is O=C1S/C(=C\C(Cl)=C\c2ccccc2)C(=O)N1c1ccc(Cl)c(C(F)(F)F)c1. The van der Waals surface area contributed by atoms with Crippen molar-refractivity contribution < 1.29 is 22.8 Å². The normalized spacial score (nSPS) is 17.0. The van der Waals surface area contributed by atoms with Crippen molar-refractivity contribution in [3.8, 4) is 0 Å². The van der Waals surface area contributed by atoms with Gasteiger partial charge >= 0.3 is 6.18 Å². The van der Waals surface area contributed by atoms with Gasteiger partial charge in [0.05, 0.1) is 21.2 Å². The standard InChI is InChI=1S/C19H10Cl2F3NO2S/c20-12(8-11-4-2-1-3-5-11)9-16-17(26)25(18(27)28-16)13-6-7-15(21)14(10-13)19(22,23)24/h1-10H/b12-8-,16-9-. The molecule has 0 bridgehead atoms. The summed E-state index contributed by atoms with van der Waals surface area (Å²) in [6, 6.07) is 11.9. The zero-order valence-corrected chi connectivity index (χ0v) is 16.2. The van der Waals surface area contributed by atoms with Crippen LogP contribution in [-0.4, -0.2) is 11.1 Å². The maximum atomic E-state index is 13.1. The highest BCUT2D eigenvalue weighted by atomic mass is 35.5. The number of benzene rings is 2. The second-order valence-electron chi connectivity index (χ2n) is 5.62. The van der Waals surface area contributed by atoms with Crippen LogP contribution in [0.5, 0.6) is 0 Å². The average Bonchev–Trinajstić information content (AvgIpc) is 2.89. The highest BCUT2D eigenvalue weighted by Gasteiger charge is 2.39. The van der Waals surface area contributed by atoms with Crippen LogP contribution in [-0.2, 0) is 11.0 Å². The van der Waals surface area contributed by atoms with Gasteiger partial charge in [0.2, 0.25) is 0 Å². The smallest absolute Gasteiger partial charge is 0.268 e. The lowest BCUT2D eigenvalue weighted by molar-refractivity contribution is -0.137. The first kappa shape index (κ1) is 20.5. The highest BCUT2D eigenvalue weighted by Crippen LogP contribution is 2.40. The summed E-state index contributed by atoms with van der Waals surface area (Å²) in [5.41, 5.74) is -0.557. The van der Waals surface area contributed by atoms with E-state index < -0.39 is 27.9 Å². The van der Waals surface area contributed by atoms with Gasteiger partial charge in [-0.15, -0.1) is 0 Å². The van der Waals surface area contributed by atoms with E-state index in [1.165, 1.54) is 12.1 Å². The van der Waals surface area contributed by atoms with E-state index in [2.05, 4.69) is 0 Å². The molecule has 0 N–H and O–H groups in total. The lowest BCUT2D eigenvalue weighted by Crippen LogP contribution is -2.28. The average molecular weight is 444 g/mol. The summed E-state index contributed by atoms with van der Waals surface area (Å²) in [7, 11) is 0. The predicted molar refractivity (Wildman–Crippen MR) is 105 cm³/mol. The number of thioether (sulfide) groups is 1. The van der Waals surface area contributed by atoms with Gasteiger partial charge in [0.15, 0.2) is 0 Å². The quantitative estimate of drug-likeness (QED) is 0.493. The lowest BCUT2D eigenvalue weighted by Gasteiger charge is -2.16. The van der Waals surface area contributed by atoms with Crippen LogP contribution in [0.25, 0.3) is 6.08 Å². The van der Waals surface area contributed by atoms with E-state index in [1.54, 1.807) is 18.2 Å². The van der Waals surface area contributed by atoms with Crippen molar-refractivity contribution in [2.75, 3.05) is 4.90 Å². The van der Waals surface area contributed by atoms with Gasteiger partial charge < -0.3 is 0 Å². The van der Waals surface area contributed by atoms with E-state index in [1.807, 2.05) is 18.2 Å². The van der Waals surface area contributed by atoms with E-state index in [0.717, 1.165) is 11.6 Å². The Morgan fingerprint density at radius 3 is 2.39 bits per heavy atom. The minimum atomic E-state index is -4.72. The van der Waals surface area contributed by atoms with Crippen LogP contribution in [0.4, 0.5) is 23.7 Å². The minimum Gasteiger partial charge on any atom is -0.268 e. The molecular weight excluding hydrogens is 434 g/mol. The van der Waals surface area contributed by atoms with Crippen LogP contribution >= 0.6 is 35.0 Å². The van der Waals surface area contributed by atoms with Crippen LogP contribution in [0.15, 0.2) is 64.5 Å². The molecule has 3 rings (SSSR count). The molecular formula is C19H10Cl2F3NO2S. The Kier molecular flexibility index (Phi) is 5.88. The first-order valence-electron chi connectivity index (χ1n) is 7.74. The third-order valence-corrected chi connectivity index (χ3v) is 5.10. The molecule has 0 radical (unpaired) electrons. The molecule has 1 fully saturated rings. The molecule has 0 unspecified atom stereocenters. The Morgan fingerprint density at radius 2 is 1.75 bits per heavy atom. The summed E-state index contributed by atoms with van der Waals surface area (Å²) in [6.07, 6.45) is -1.81. The van der Waals surface area contributed by atoms with Gasteiger partial charge in [0, 0.05) is 5.03 Å². The van der Waals surface area contributed by atoms with E-state index in [4.69, 9.17) is 23.2 Å². The number of halogens is 5. The second-order valence-corrected chi connectivity index (χ2v) is 7.46. The van der Waals surface area contributed by atoms with Crippen molar-refractivity contribution in [3.63, 3.8) is 0 Å². The molecule has 9 heteroatoms. The van der Waals surface area contributed by atoms with Crippen LogP contribution in [0.1, 0.15) is 11.1 Å². The van der Waals surface area contributed by atoms with Gasteiger partial charge in [-0.25, -0.2) is 4.90 Å². The number of amides is 2. The maximum absolute atomic E-state index is 13.1. The molecule has 2 aromatic carbocycles. The van der Waals surface area contributed by atoms with Gasteiger partial charge in [-0.05, 0) is 47.7 Å². The van der Waals surface area contributed by atoms with Crippen molar-refractivity contribution >= 4 is 57.9 Å². The number of nitrogens with zero attached hydrogens (tertiary/aromatic N) is 1. The summed E-state index contributed by atoms with van der Waals surface area (Å²) in [4.78, 5) is 25.5. The molecule has 3 nitrogen and oxygen atoms in total. The molecule has 2 aromatic rings. The number of alkyl halides is 3. The Balaban J connectivity index is 1.91. The molecule has 1 heterocycles. The number of imide groups is 1. The van der Waals surface area contributed by atoms with Crippen molar-refractivity contribution in [2.45, 2.75) is 6.18 Å². The largest absolute Gasteiger partial charge is 0.417 e. The van der Waals surface area contributed by atoms with Gasteiger partial charge in [-0.3, -0.25) is 9.59 Å². The van der Waals surface area contributed by atoms with Crippen LogP contribution in [0.2, 0.25) is 5.02 Å². The minimum absolute atomic E-state index is 0.00527. The summed E-state index contributed by atoms with van der Waals surface area (Å²) in [5, 5.41) is -1.05. The van der Waals surface area contributed by atoms with Crippen molar-refractivity contribution in [2.24, 2.45) is 0 Å². The topological polar surface area (TPSA) is 37.4 Å². The zero-order valence-electron chi connectivity index (χ0n) is 13.8. The molecule has 1 saturated heterocycles. The Morgan fingerprint density at radius 1 is 1.07 bits per heavy atom. The number of rotatable bonds is 3. The Labute approximate surface area is 172 Å². The fourth-order valence-electron chi connectivity index (χ4n) is 2.44. The number of anilines is 1. The third kappa shape index (κ3) is 4.43. The number of carbonyl (C=O) groups excluding carboxylic acids is 2. The van der Waals surface area contributed by atoms with E-state index in [-0.39, 0.29) is 15.6 Å². The Bertz CT molecular complexity index is 1000. The molecule has 1 aliphatic rings. The first-order valence-corrected chi connectivity index (χ1v) is 9.31. The highest BCUT2D eigenvalue weighted by molar-refractivity contribution is 8.18. The molecule has 0 aromatic heterocycles. The van der Waals surface area contributed by atoms with Crippen LogP contribution in [0, 0.1) is 0 Å². The van der Waals surface area contributed by atoms with E-state index in [9.17, 15) is 22.8 Å². The molecule has 28 heavy (non-hydrogen) atoms. The van der Waals surface area contributed by atoms with Gasteiger partial charge in [-0.1, -0.05) is 53.5 Å². The molecule has 0 spiro atoms. The molecule has 1 aliphatic heterocycles. The molecule has 144 valence electrons. The van der Waals surface area contributed by atoms with Gasteiger partial charge in [0.25, 0.3) is 11.1 Å². The molecule has 0 atom stereocenters. The van der Waals surface area contributed by atoms with E-state index in [0.29, 0.717) is 22.7 Å². The zero-order chi connectivity index (χ0) is 20.5. The summed E-state index contributed by atoms with van der Waals surface area (Å²) in [5.74, 6) is -0.759. The predicted octanol–water partition coefficient (Wildman–Crippen LogP) is 6.72. The van der Waals surface area contributed by atoms with Gasteiger partial charge in [0.1, 0.15) is 0 Å². The molecule has 2 amide bonds. The lowest BCUT2D eigenvalue weighted by atomic mass is 10.1. The second kappa shape index (κ2) is 8.03. The maximum Gasteiger partial charge on any atom is 0.417 e. The number of allylic oxidation sites excluding steroid dienone is 2. The van der Waals surface area contributed by atoms with Crippen molar-refractivity contribution in [1.82, 2.24) is 0 Å². The third-order valence-electron chi connectivity index (χ3n) is 3.68. The van der Waals surface area contributed by atoms with E-state index >= 15 is 0 Å². The molecule has 0 aliphatic carbocycles. The Hall–Kier alpha value is -2.22. The van der Waals surface area contributed by atoms with Crippen molar-refractivity contribution in [1.29, 1.82) is 0 Å². The monoisotopic (exact) mass is 443 g/mol. The van der Waals surface area contributed by atoms with Crippen LogP contribution in [0.3, 0.4) is 0 Å². The van der Waals surface area contributed by atoms with Crippen LogP contribution < -0.4 is 4.90 Å². The number of hydrogen-bond acceptors (Lipinski definition) is 3. The van der Waals surface area contributed by atoms with Crippen molar-refractivity contribution in [3.05, 3.63) is 80.7 Å². The summed E-state index contributed by atoms with van der Waals surface area (Å²) < 4.78 is 39.2. The number of hydrogen-bond donors (Lipinski definition) is 0. The first-order chi connectivity index (χ1) is 13.2.